The number of aromatic nitrogens is 2. The Labute approximate surface area is 168 Å². The number of rotatable bonds is 4. The summed E-state index contributed by atoms with van der Waals surface area (Å²) in [4.78, 5) is 35.8. The lowest BCUT2D eigenvalue weighted by molar-refractivity contribution is 0.0744. The summed E-state index contributed by atoms with van der Waals surface area (Å²) in [5, 5.41) is 6.16. The second kappa shape index (κ2) is 8.65. The van der Waals surface area contributed by atoms with Crippen LogP contribution in [0.5, 0.6) is 0 Å². The maximum absolute atomic E-state index is 13.1. The predicted molar refractivity (Wildman–Crippen MR) is 105 cm³/mol. The molecule has 8 heteroatoms. The molecule has 2 aliphatic heterocycles. The lowest BCUT2D eigenvalue weighted by atomic mass is 9.92. The number of carbonyl (C=O) groups is 2. The molecule has 1 aromatic heterocycles. The van der Waals surface area contributed by atoms with Crippen molar-refractivity contribution in [2.75, 3.05) is 26.2 Å². The van der Waals surface area contributed by atoms with E-state index in [9.17, 15) is 14.0 Å². The molecule has 3 heterocycles. The van der Waals surface area contributed by atoms with Gasteiger partial charge in [-0.3, -0.25) is 9.59 Å². The second-order valence-electron chi connectivity index (χ2n) is 7.61. The van der Waals surface area contributed by atoms with Gasteiger partial charge in [0, 0.05) is 32.0 Å². The van der Waals surface area contributed by atoms with Crippen LogP contribution in [0.4, 0.5) is 4.39 Å². The molecule has 0 aliphatic carbocycles. The Morgan fingerprint density at radius 3 is 2.31 bits per heavy atom. The quantitative estimate of drug-likeness (QED) is 0.819. The molecule has 2 N–H and O–H groups in total. The van der Waals surface area contributed by atoms with Crippen molar-refractivity contribution >= 4 is 11.8 Å². The highest BCUT2D eigenvalue weighted by Crippen LogP contribution is 2.27. The molecule has 2 saturated heterocycles. The van der Waals surface area contributed by atoms with E-state index in [2.05, 4.69) is 20.6 Å². The first-order valence-electron chi connectivity index (χ1n) is 9.95. The Kier molecular flexibility index (Phi) is 5.80. The van der Waals surface area contributed by atoms with Crippen molar-refractivity contribution in [3.63, 3.8) is 0 Å². The van der Waals surface area contributed by atoms with Gasteiger partial charge in [0.15, 0.2) is 11.4 Å². The number of nitrogens with one attached hydrogen (secondary N) is 2. The van der Waals surface area contributed by atoms with Crippen LogP contribution in [-0.2, 0) is 6.54 Å². The topological polar surface area (TPSA) is 87.2 Å². The summed E-state index contributed by atoms with van der Waals surface area (Å²) in [5.41, 5.74) is 0.851. The third-order valence-corrected chi connectivity index (χ3v) is 5.79. The number of amides is 2. The summed E-state index contributed by atoms with van der Waals surface area (Å²) in [6.45, 7) is 3.55. The normalized spacial score (nSPS) is 21.3. The van der Waals surface area contributed by atoms with Crippen LogP contribution in [0, 0.1) is 17.7 Å². The van der Waals surface area contributed by atoms with Crippen LogP contribution in [0.25, 0.3) is 0 Å². The fourth-order valence-electron chi connectivity index (χ4n) is 4.10. The van der Waals surface area contributed by atoms with Crippen molar-refractivity contribution in [1.29, 1.82) is 0 Å². The van der Waals surface area contributed by atoms with Crippen LogP contribution in [-0.4, -0.2) is 52.9 Å². The minimum atomic E-state index is -0.471. The molecule has 152 valence electrons. The Morgan fingerprint density at radius 1 is 1.03 bits per heavy atom. The molecule has 2 fully saturated rings. The Morgan fingerprint density at radius 2 is 1.66 bits per heavy atom. The highest BCUT2D eigenvalue weighted by Gasteiger charge is 2.33. The first kappa shape index (κ1) is 19.4. The molecule has 0 saturated carbocycles. The van der Waals surface area contributed by atoms with Crippen LogP contribution < -0.4 is 10.6 Å². The smallest absolute Gasteiger partial charge is 0.274 e. The fourth-order valence-corrected chi connectivity index (χ4v) is 4.10. The second-order valence-corrected chi connectivity index (χ2v) is 7.61. The molecule has 0 spiro atoms. The van der Waals surface area contributed by atoms with Gasteiger partial charge in [0.2, 0.25) is 0 Å². The highest BCUT2D eigenvalue weighted by atomic mass is 19.1. The molecular weight excluding hydrogens is 373 g/mol. The van der Waals surface area contributed by atoms with E-state index in [1.807, 2.05) is 0 Å². The maximum atomic E-state index is 13.1. The molecule has 1 aromatic carbocycles. The molecule has 4 rings (SSSR count). The lowest BCUT2D eigenvalue weighted by Crippen LogP contribution is -2.36. The molecular formula is C21H24FN5O2. The van der Waals surface area contributed by atoms with Gasteiger partial charge < -0.3 is 15.5 Å². The van der Waals surface area contributed by atoms with Crippen molar-refractivity contribution < 1.29 is 14.0 Å². The molecule has 2 aromatic rings. The summed E-state index contributed by atoms with van der Waals surface area (Å²) in [6, 6.07) is 5.87. The predicted octanol–water partition coefficient (Wildman–Crippen LogP) is 1.62. The van der Waals surface area contributed by atoms with E-state index in [0.29, 0.717) is 24.9 Å². The van der Waals surface area contributed by atoms with Crippen LogP contribution >= 0.6 is 0 Å². The molecule has 2 amide bonds. The van der Waals surface area contributed by atoms with Gasteiger partial charge in [0.05, 0.1) is 0 Å². The van der Waals surface area contributed by atoms with Crippen LogP contribution in [0.3, 0.4) is 0 Å². The van der Waals surface area contributed by atoms with E-state index in [1.165, 1.54) is 24.5 Å². The standard InChI is InChI=1S/C21H24FN5O2/c22-17-3-1-14(2-4-17)11-26-20(28)18-19(25-8-7-24-18)21(29)27-9-5-15-12-23-13-16(15)6-10-27/h1-4,7-8,15-16,23H,5-6,9-13H2,(H,26,28)/t15-,16+. The van der Waals surface area contributed by atoms with Crippen molar-refractivity contribution in [3.8, 4) is 0 Å². The summed E-state index contributed by atoms with van der Waals surface area (Å²) in [6.07, 6.45) is 4.74. The largest absolute Gasteiger partial charge is 0.347 e. The van der Waals surface area contributed by atoms with Crippen LogP contribution in [0.1, 0.15) is 39.4 Å². The number of hydrogen-bond acceptors (Lipinski definition) is 5. The van der Waals surface area contributed by atoms with E-state index >= 15 is 0 Å². The number of fused-ring (bicyclic) bond motifs is 1. The SMILES string of the molecule is O=C(NCc1ccc(F)cc1)c1nccnc1C(=O)N1CC[C@@H]2CNC[C@@H]2CC1. The summed E-state index contributed by atoms with van der Waals surface area (Å²) >= 11 is 0. The number of benzene rings is 1. The summed E-state index contributed by atoms with van der Waals surface area (Å²) in [5.74, 6) is 0.153. The van der Waals surface area contributed by atoms with Gasteiger partial charge in [-0.1, -0.05) is 12.1 Å². The average Bonchev–Trinajstić information content (AvgIpc) is 3.11. The zero-order valence-electron chi connectivity index (χ0n) is 16.1. The summed E-state index contributed by atoms with van der Waals surface area (Å²) in [7, 11) is 0. The van der Waals surface area contributed by atoms with Gasteiger partial charge in [0.25, 0.3) is 11.8 Å². The zero-order chi connectivity index (χ0) is 20.2. The Bertz CT molecular complexity index is 875. The van der Waals surface area contributed by atoms with Gasteiger partial charge in [0.1, 0.15) is 5.82 Å². The van der Waals surface area contributed by atoms with Gasteiger partial charge in [-0.2, -0.15) is 0 Å². The minimum Gasteiger partial charge on any atom is -0.347 e. The molecule has 0 bridgehead atoms. The molecule has 7 nitrogen and oxygen atoms in total. The Balaban J connectivity index is 1.45. The van der Waals surface area contributed by atoms with E-state index in [1.54, 1.807) is 17.0 Å². The first-order chi connectivity index (χ1) is 14.1. The zero-order valence-corrected chi connectivity index (χ0v) is 16.1. The monoisotopic (exact) mass is 397 g/mol. The van der Waals surface area contributed by atoms with Crippen molar-refractivity contribution in [3.05, 3.63) is 59.4 Å². The lowest BCUT2D eigenvalue weighted by Gasteiger charge is -2.21. The van der Waals surface area contributed by atoms with E-state index < -0.39 is 5.91 Å². The molecule has 2 aliphatic rings. The number of halogens is 1. The van der Waals surface area contributed by atoms with Crippen molar-refractivity contribution in [1.82, 2.24) is 25.5 Å². The van der Waals surface area contributed by atoms with Crippen molar-refractivity contribution in [2.24, 2.45) is 11.8 Å². The van der Waals surface area contributed by atoms with Crippen LogP contribution in [0.2, 0.25) is 0 Å². The van der Waals surface area contributed by atoms with Crippen molar-refractivity contribution in [2.45, 2.75) is 19.4 Å². The number of likely N-dealkylation sites (tertiary alicyclic amines) is 1. The molecule has 2 atom stereocenters. The van der Waals surface area contributed by atoms with Gasteiger partial charge in [-0.15, -0.1) is 0 Å². The first-order valence-corrected chi connectivity index (χ1v) is 9.95. The molecule has 29 heavy (non-hydrogen) atoms. The highest BCUT2D eigenvalue weighted by molar-refractivity contribution is 6.04. The number of nitrogens with zero attached hydrogens (tertiary/aromatic N) is 3. The van der Waals surface area contributed by atoms with E-state index in [-0.39, 0.29) is 29.7 Å². The van der Waals surface area contributed by atoms with Gasteiger partial charge in [-0.05, 0) is 55.5 Å². The number of carbonyl (C=O) groups excluding carboxylic acids is 2. The third kappa shape index (κ3) is 4.42. The molecule has 0 radical (unpaired) electrons. The average molecular weight is 397 g/mol. The minimum absolute atomic E-state index is 0.0192. The van der Waals surface area contributed by atoms with E-state index in [4.69, 9.17) is 0 Å². The summed E-state index contributed by atoms with van der Waals surface area (Å²) < 4.78 is 13.0. The van der Waals surface area contributed by atoms with Gasteiger partial charge >= 0.3 is 0 Å². The van der Waals surface area contributed by atoms with E-state index in [0.717, 1.165) is 31.5 Å². The Hall–Kier alpha value is -2.87. The maximum Gasteiger partial charge on any atom is 0.274 e. The number of hydrogen-bond donors (Lipinski definition) is 2. The van der Waals surface area contributed by atoms with Crippen LogP contribution in [0.15, 0.2) is 36.7 Å². The third-order valence-electron chi connectivity index (χ3n) is 5.79. The van der Waals surface area contributed by atoms with Gasteiger partial charge in [-0.25, -0.2) is 14.4 Å². The fraction of sp³-hybridized carbons (Fsp3) is 0.429. The molecule has 0 unspecified atom stereocenters.